The highest BCUT2D eigenvalue weighted by molar-refractivity contribution is 5.78. The Morgan fingerprint density at radius 3 is 2.44 bits per heavy atom. The fourth-order valence-electron chi connectivity index (χ4n) is 3.29. The lowest BCUT2D eigenvalue weighted by Gasteiger charge is -2.33. The number of benzene rings is 2. The number of para-hydroxylation sites is 2. The van der Waals surface area contributed by atoms with Crippen LogP contribution in [-0.2, 0) is 6.54 Å². The highest BCUT2D eigenvalue weighted by Crippen LogP contribution is 2.14. The highest BCUT2D eigenvalue weighted by Gasteiger charge is 2.23. The van der Waals surface area contributed by atoms with Crippen LogP contribution in [0.2, 0.25) is 0 Å². The molecule has 6 heteroatoms. The zero-order chi connectivity index (χ0) is 18.6. The number of ether oxygens (including phenoxy) is 1. The third-order valence-electron chi connectivity index (χ3n) is 4.80. The Kier molecular flexibility index (Phi) is 4.89. The molecule has 0 aliphatic carbocycles. The van der Waals surface area contributed by atoms with Crippen LogP contribution < -0.4 is 10.3 Å². The molecule has 0 unspecified atom stereocenters. The number of nitrogens with zero attached hydrogens (tertiary/aromatic N) is 2. The number of carbonyl (C=O) groups is 1. The summed E-state index contributed by atoms with van der Waals surface area (Å²) in [4.78, 5) is 31.4. The molecule has 4 rings (SSSR count). The van der Waals surface area contributed by atoms with Gasteiger partial charge in [0.25, 0.3) is 5.56 Å². The molecule has 138 valence electrons. The van der Waals surface area contributed by atoms with Crippen molar-refractivity contribution in [3.63, 3.8) is 0 Å². The first-order valence-corrected chi connectivity index (χ1v) is 9.04. The number of H-pyrrole nitrogens is 1. The smallest absolute Gasteiger partial charge is 0.410 e. The number of amides is 1. The van der Waals surface area contributed by atoms with E-state index in [4.69, 9.17) is 4.74 Å². The van der Waals surface area contributed by atoms with Crippen LogP contribution >= 0.6 is 0 Å². The minimum absolute atomic E-state index is 0.0559. The van der Waals surface area contributed by atoms with Crippen LogP contribution in [0.5, 0.6) is 5.75 Å². The van der Waals surface area contributed by atoms with Gasteiger partial charge in [-0.25, -0.2) is 4.79 Å². The van der Waals surface area contributed by atoms with Crippen LogP contribution in [0.15, 0.2) is 65.5 Å². The monoisotopic (exact) mass is 363 g/mol. The maximum Gasteiger partial charge on any atom is 0.415 e. The number of piperazine rings is 1. The van der Waals surface area contributed by atoms with E-state index in [1.807, 2.05) is 48.5 Å². The summed E-state index contributed by atoms with van der Waals surface area (Å²) in [6.45, 7) is 3.14. The largest absolute Gasteiger partial charge is 0.415 e. The molecule has 2 heterocycles. The zero-order valence-electron chi connectivity index (χ0n) is 14.9. The number of hydrogen-bond donors (Lipinski definition) is 1. The molecule has 1 fully saturated rings. The van der Waals surface area contributed by atoms with Crippen molar-refractivity contribution in [1.29, 1.82) is 0 Å². The third kappa shape index (κ3) is 4.01. The molecule has 3 aromatic rings. The molecule has 0 saturated carbocycles. The SMILES string of the molecule is O=C(Oc1ccccc1)N1CCN(Cc2cc3ccccc3[nH]c2=O)CC1. The summed E-state index contributed by atoms with van der Waals surface area (Å²) in [6, 6.07) is 18.8. The molecule has 1 aliphatic rings. The molecule has 1 N–H and O–H groups in total. The van der Waals surface area contributed by atoms with E-state index in [-0.39, 0.29) is 11.7 Å². The summed E-state index contributed by atoms with van der Waals surface area (Å²) in [7, 11) is 0. The van der Waals surface area contributed by atoms with Crippen LogP contribution in [0, 0.1) is 0 Å². The maximum absolute atomic E-state index is 12.3. The van der Waals surface area contributed by atoms with Gasteiger partial charge in [-0.05, 0) is 29.7 Å². The van der Waals surface area contributed by atoms with E-state index in [9.17, 15) is 9.59 Å². The van der Waals surface area contributed by atoms with Crippen molar-refractivity contribution in [2.45, 2.75) is 6.54 Å². The predicted molar refractivity (Wildman–Crippen MR) is 104 cm³/mol. The average Bonchev–Trinajstić information content (AvgIpc) is 2.70. The van der Waals surface area contributed by atoms with Crippen LogP contribution in [0.4, 0.5) is 4.79 Å². The molecule has 1 aromatic heterocycles. The van der Waals surface area contributed by atoms with Crippen LogP contribution in [0.25, 0.3) is 10.9 Å². The van der Waals surface area contributed by atoms with Gasteiger partial charge in [0, 0.05) is 43.8 Å². The second-order valence-electron chi connectivity index (χ2n) is 6.66. The summed E-state index contributed by atoms with van der Waals surface area (Å²) in [6.07, 6.45) is -0.329. The Morgan fingerprint density at radius 2 is 1.67 bits per heavy atom. The number of aromatic nitrogens is 1. The first-order valence-electron chi connectivity index (χ1n) is 9.04. The number of rotatable bonds is 3. The van der Waals surface area contributed by atoms with Crippen molar-refractivity contribution in [3.8, 4) is 5.75 Å². The quantitative estimate of drug-likeness (QED) is 0.777. The van der Waals surface area contributed by atoms with Gasteiger partial charge in [0.2, 0.25) is 0 Å². The number of aromatic amines is 1. The van der Waals surface area contributed by atoms with Gasteiger partial charge in [-0.3, -0.25) is 9.69 Å². The molecule has 1 amide bonds. The second-order valence-corrected chi connectivity index (χ2v) is 6.66. The van der Waals surface area contributed by atoms with Crippen molar-refractivity contribution >= 4 is 17.0 Å². The molecule has 2 aromatic carbocycles. The van der Waals surface area contributed by atoms with Crippen molar-refractivity contribution < 1.29 is 9.53 Å². The number of hydrogen-bond acceptors (Lipinski definition) is 4. The molecule has 0 bridgehead atoms. The fraction of sp³-hybridized carbons (Fsp3) is 0.238. The normalized spacial score (nSPS) is 15.0. The summed E-state index contributed by atoms with van der Waals surface area (Å²) in [5, 5.41) is 1.03. The standard InChI is InChI=1S/C21H21N3O3/c25-20-17(14-16-6-4-5-9-19(16)22-20)15-23-10-12-24(13-11-23)21(26)27-18-7-2-1-3-8-18/h1-9,14H,10-13,15H2,(H,22,25). The molecule has 6 nitrogen and oxygen atoms in total. The fourth-order valence-corrected chi connectivity index (χ4v) is 3.29. The summed E-state index contributed by atoms with van der Waals surface area (Å²) in [5.41, 5.74) is 1.54. The molecule has 0 radical (unpaired) electrons. The first-order chi connectivity index (χ1) is 13.2. The molecule has 0 spiro atoms. The van der Waals surface area contributed by atoms with Gasteiger partial charge < -0.3 is 14.6 Å². The van der Waals surface area contributed by atoms with Crippen LogP contribution in [-0.4, -0.2) is 47.1 Å². The maximum atomic E-state index is 12.3. The first kappa shape index (κ1) is 17.3. The Balaban J connectivity index is 1.36. The van der Waals surface area contributed by atoms with E-state index >= 15 is 0 Å². The average molecular weight is 363 g/mol. The number of fused-ring (bicyclic) bond motifs is 1. The Hall–Kier alpha value is -3.12. The zero-order valence-corrected chi connectivity index (χ0v) is 14.9. The minimum Gasteiger partial charge on any atom is -0.410 e. The summed E-state index contributed by atoms with van der Waals surface area (Å²) in [5.74, 6) is 0.549. The van der Waals surface area contributed by atoms with E-state index in [1.54, 1.807) is 17.0 Å². The van der Waals surface area contributed by atoms with Crippen molar-refractivity contribution in [3.05, 3.63) is 76.6 Å². The number of nitrogens with one attached hydrogen (secondary N) is 1. The highest BCUT2D eigenvalue weighted by atomic mass is 16.6. The van der Waals surface area contributed by atoms with Gasteiger partial charge in [0.1, 0.15) is 5.75 Å². The predicted octanol–water partition coefficient (Wildman–Crippen LogP) is 2.84. The van der Waals surface area contributed by atoms with E-state index in [0.717, 1.165) is 16.5 Å². The van der Waals surface area contributed by atoms with Crippen molar-refractivity contribution in [2.75, 3.05) is 26.2 Å². The molecule has 0 atom stereocenters. The van der Waals surface area contributed by atoms with Crippen LogP contribution in [0.3, 0.4) is 0 Å². The van der Waals surface area contributed by atoms with Gasteiger partial charge in [-0.1, -0.05) is 36.4 Å². The Labute approximate surface area is 157 Å². The van der Waals surface area contributed by atoms with Gasteiger partial charge in [0.05, 0.1) is 0 Å². The van der Waals surface area contributed by atoms with Crippen molar-refractivity contribution in [2.24, 2.45) is 0 Å². The molecular weight excluding hydrogens is 342 g/mol. The molecular formula is C21H21N3O3. The van der Waals surface area contributed by atoms with E-state index in [0.29, 0.717) is 38.5 Å². The van der Waals surface area contributed by atoms with Crippen molar-refractivity contribution in [1.82, 2.24) is 14.8 Å². The Morgan fingerprint density at radius 1 is 0.963 bits per heavy atom. The van der Waals surface area contributed by atoms with Gasteiger partial charge in [0.15, 0.2) is 0 Å². The summed E-state index contributed by atoms with van der Waals surface area (Å²) < 4.78 is 5.39. The molecule has 1 aliphatic heterocycles. The van der Waals surface area contributed by atoms with Gasteiger partial charge in [-0.2, -0.15) is 0 Å². The topological polar surface area (TPSA) is 65.6 Å². The lowest BCUT2D eigenvalue weighted by atomic mass is 10.1. The van der Waals surface area contributed by atoms with Gasteiger partial charge >= 0.3 is 6.09 Å². The number of carbonyl (C=O) groups excluding carboxylic acids is 1. The van der Waals surface area contributed by atoms with E-state index in [1.165, 1.54) is 0 Å². The van der Waals surface area contributed by atoms with E-state index < -0.39 is 0 Å². The lowest BCUT2D eigenvalue weighted by molar-refractivity contribution is 0.107. The van der Waals surface area contributed by atoms with Gasteiger partial charge in [-0.15, -0.1) is 0 Å². The van der Waals surface area contributed by atoms with Crippen LogP contribution in [0.1, 0.15) is 5.56 Å². The minimum atomic E-state index is -0.329. The number of pyridine rings is 1. The summed E-state index contributed by atoms with van der Waals surface area (Å²) >= 11 is 0. The third-order valence-corrected chi connectivity index (χ3v) is 4.80. The molecule has 27 heavy (non-hydrogen) atoms. The van der Waals surface area contributed by atoms with E-state index in [2.05, 4.69) is 9.88 Å². The second kappa shape index (κ2) is 7.63. The molecule has 1 saturated heterocycles. The lowest BCUT2D eigenvalue weighted by Crippen LogP contribution is -2.49. The Bertz CT molecular complexity index is 992.